The van der Waals surface area contributed by atoms with E-state index in [2.05, 4.69) is 76.2 Å². The monoisotopic (exact) mass is 612 g/mol. The first-order chi connectivity index (χ1) is 22.2. The van der Waals surface area contributed by atoms with E-state index in [1.165, 1.54) is 22.3 Å². The van der Waals surface area contributed by atoms with Crippen LogP contribution in [-0.4, -0.2) is 32.2 Å². The summed E-state index contributed by atoms with van der Waals surface area (Å²) in [4.78, 5) is 13.0. The molecular formula is C41H40O5. The highest BCUT2D eigenvalue weighted by Crippen LogP contribution is 2.36. The molecule has 234 valence electrons. The van der Waals surface area contributed by atoms with Crippen molar-refractivity contribution in [2.24, 2.45) is 0 Å². The average molecular weight is 613 g/mol. The Morgan fingerprint density at radius 2 is 0.587 bits per heavy atom. The molecule has 10 bridgehead atoms. The Morgan fingerprint density at radius 3 is 0.848 bits per heavy atom. The lowest BCUT2D eigenvalue weighted by molar-refractivity contribution is 0.103. The molecule has 0 fully saturated rings. The summed E-state index contributed by atoms with van der Waals surface area (Å²) >= 11 is 0. The highest BCUT2D eigenvalue weighted by Gasteiger charge is 2.26. The second-order valence-electron chi connectivity index (χ2n) is 12.6. The number of ether oxygens (including phenoxy) is 4. The fourth-order valence-corrected chi connectivity index (χ4v) is 5.78. The van der Waals surface area contributed by atoms with E-state index in [4.69, 9.17) is 18.9 Å². The highest BCUT2D eigenvalue weighted by atomic mass is 16.5. The molecule has 0 saturated carbocycles. The summed E-state index contributed by atoms with van der Waals surface area (Å²) in [5.74, 6) is 2.90. The van der Waals surface area contributed by atoms with E-state index in [0.29, 0.717) is 49.1 Å². The van der Waals surface area contributed by atoms with Crippen molar-refractivity contribution in [3.05, 3.63) is 155 Å². The number of hydrogen-bond donors (Lipinski definition) is 0. The molecule has 11 rings (SSSR count). The van der Waals surface area contributed by atoms with Gasteiger partial charge in [-0.05, 0) is 95.1 Å². The number of ketones is 1. The van der Waals surface area contributed by atoms with Gasteiger partial charge in [0.25, 0.3) is 0 Å². The van der Waals surface area contributed by atoms with Crippen LogP contribution in [0.1, 0.15) is 65.9 Å². The number of rotatable bonds is 0. The average Bonchev–Trinajstić information content (AvgIpc) is 3.09. The third-order valence-electron chi connectivity index (χ3n) is 8.95. The van der Waals surface area contributed by atoms with Crippen LogP contribution in [0.3, 0.4) is 0 Å². The summed E-state index contributed by atoms with van der Waals surface area (Å²) in [6, 6.07) is 39.9. The molecule has 6 aliphatic heterocycles. The number of fused-ring (bicyclic) bond motifs is 5. The fourth-order valence-electron chi connectivity index (χ4n) is 5.78. The van der Waals surface area contributed by atoms with Crippen LogP contribution in [0.5, 0.6) is 23.0 Å². The molecule has 5 nitrogen and oxygen atoms in total. The molecule has 0 N–H and O–H groups in total. The first-order valence-electron chi connectivity index (χ1n) is 15.8. The molecule has 5 heteroatoms. The smallest absolute Gasteiger partial charge is 0.193 e. The van der Waals surface area contributed by atoms with Crippen LogP contribution in [0.25, 0.3) is 0 Å². The fraction of sp³-hybridized carbons (Fsp3) is 0.244. The van der Waals surface area contributed by atoms with Crippen molar-refractivity contribution in [3.63, 3.8) is 0 Å². The lowest BCUT2D eigenvalue weighted by atomic mass is 9.74. The Labute approximate surface area is 271 Å². The maximum absolute atomic E-state index is 13.0. The lowest BCUT2D eigenvalue weighted by Gasteiger charge is -2.29. The minimum absolute atomic E-state index is 0.0604. The molecule has 5 aromatic rings. The normalized spacial score (nSPS) is 16.1. The van der Waals surface area contributed by atoms with Crippen LogP contribution in [-0.2, 0) is 10.8 Å². The molecule has 0 radical (unpaired) electrons. The van der Waals surface area contributed by atoms with Gasteiger partial charge < -0.3 is 18.9 Å². The molecule has 5 aromatic carbocycles. The lowest BCUT2D eigenvalue weighted by Crippen LogP contribution is -2.21. The Hall–Kier alpha value is -5.03. The van der Waals surface area contributed by atoms with E-state index >= 15 is 0 Å². The zero-order chi connectivity index (χ0) is 32.1. The zero-order valence-electron chi connectivity index (χ0n) is 26.9. The Kier molecular flexibility index (Phi) is 8.85. The molecule has 0 amide bonds. The minimum Gasteiger partial charge on any atom is -0.490 e. The van der Waals surface area contributed by atoms with Gasteiger partial charge in [-0.1, -0.05) is 76.2 Å². The van der Waals surface area contributed by atoms with E-state index in [9.17, 15) is 4.79 Å². The van der Waals surface area contributed by atoms with Gasteiger partial charge in [0, 0.05) is 22.0 Å². The van der Waals surface area contributed by atoms with Crippen molar-refractivity contribution in [2.45, 2.75) is 38.5 Å². The summed E-state index contributed by atoms with van der Waals surface area (Å²) in [5, 5.41) is 0. The van der Waals surface area contributed by atoms with E-state index in [1.54, 1.807) is 24.3 Å². The Morgan fingerprint density at radius 1 is 0.370 bits per heavy atom. The van der Waals surface area contributed by atoms with Gasteiger partial charge in [-0.25, -0.2) is 0 Å². The van der Waals surface area contributed by atoms with Gasteiger partial charge in [-0.15, -0.1) is 0 Å². The molecule has 0 spiro atoms. The SMILES string of the molecule is CC1(C)c2ccc(cc2)OCCOc2ccc(cc2)C(=O)c2ccc(cc2)OCCOc2ccc(cc2)C(C)(C)c2ccc1cc2. The van der Waals surface area contributed by atoms with E-state index in [1.807, 2.05) is 48.5 Å². The summed E-state index contributed by atoms with van der Waals surface area (Å²) < 4.78 is 23.6. The van der Waals surface area contributed by atoms with Gasteiger partial charge in [0.15, 0.2) is 5.78 Å². The van der Waals surface area contributed by atoms with Crippen LogP contribution >= 0.6 is 0 Å². The van der Waals surface area contributed by atoms with Crippen LogP contribution in [0.4, 0.5) is 0 Å². The maximum atomic E-state index is 13.0. The van der Waals surface area contributed by atoms with Gasteiger partial charge in [0.1, 0.15) is 49.4 Å². The number of benzene rings is 5. The van der Waals surface area contributed by atoms with Gasteiger partial charge in [0.05, 0.1) is 0 Å². The Bertz CT molecular complexity index is 1620. The number of carbonyl (C=O) groups excluding carboxylic acids is 1. The van der Waals surface area contributed by atoms with Crippen molar-refractivity contribution in [2.75, 3.05) is 26.4 Å². The molecule has 46 heavy (non-hydrogen) atoms. The molecule has 0 saturated heterocycles. The first-order valence-corrected chi connectivity index (χ1v) is 15.8. The Balaban J connectivity index is 1.22. The third kappa shape index (κ3) is 6.79. The molecular weight excluding hydrogens is 572 g/mol. The second kappa shape index (κ2) is 13.1. The van der Waals surface area contributed by atoms with E-state index in [-0.39, 0.29) is 16.6 Å². The number of carbonyl (C=O) groups is 1. The molecule has 6 heterocycles. The summed E-state index contributed by atoms with van der Waals surface area (Å²) in [6.45, 7) is 10.6. The number of hydrogen-bond acceptors (Lipinski definition) is 5. The van der Waals surface area contributed by atoms with Crippen molar-refractivity contribution in [3.8, 4) is 23.0 Å². The van der Waals surface area contributed by atoms with E-state index < -0.39 is 0 Å². The van der Waals surface area contributed by atoms with Gasteiger partial charge >= 0.3 is 0 Å². The van der Waals surface area contributed by atoms with Crippen molar-refractivity contribution in [1.82, 2.24) is 0 Å². The predicted molar refractivity (Wildman–Crippen MR) is 182 cm³/mol. The molecule has 0 aliphatic carbocycles. The van der Waals surface area contributed by atoms with Crippen LogP contribution in [0, 0.1) is 0 Å². The third-order valence-corrected chi connectivity index (χ3v) is 8.95. The molecule has 6 aliphatic rings. The maximum Gasteiger partial charge on any atom is 0.193 e. The van der Waals surface area contributed by atoms with Crippen LogP contribution in [0.15, 0.2) is 121 Å². The summed E-state index contributed by atoms with van der Waals surface area (Å²) in [7, 11) is 0. The quantitative estimate of drug-likeness (QED) is 0.175. The first kappa shape index (κ1) is 31.0. The standard InChI is InChI=1S/C41H40O5/c1-40(2)31-9-11-32(12-10-31)41(3,4)34-15-23-38(24-16-34)46-28-26-44-36-19-7-30(8-20-36)39(42)29-5-17-35(18-6-29)43-25-27-45-37-21-13-33(40)14-22-37/h5-24H,25-28H2,1-4H3. The topological polar surface area (TPSA) is 54.0 Å². The van der Waals surface area contributed by atoms with Gasteiger partial charge in [0.2, 0.25) is 0 Å². The van der Waals surface area contributed by atoms with Gasteiger partial charge in [-0.3, -0.25) is 4.79 Å². The largest absolute Gasteiger partial charge is 0.490 e. The molecule has 0 unspecified atom stereocenters. The van der Waals surface area contributed by atoms with Gasteiger partial charge in [-0.2, -0.15) is 0 Å². The minimum atomic E-state index is -0.178. The van der Waals surface area contributed by atoms with Crippen LogP contribution in [0.2, 0.25) is 0 Å². The second-order valence-corrected chi connectivity index (χ2v) is 12.6. The molecule has 0 atom stereocenters. The predicted octanol–water partition coefficient (Wildman–Crippen LogP) is 8.80. The van der Waals surface area contributed by atoms with Crippen molar-refractivity contribution >= 4 is 5.78 Å². The summed E-state index contributed by atoms with van der Waals surface area (Å²) in [5.41, 5.74) is 5.75. The van der Waals surface area contributed by atoms with Crippen molar-refractivity contribution < 1.29 is 23.7 Å². The highest BCUT2D eigenvalue weighted by molar-refractivity contribution is 6.09. The van der Waals surface area contributed by atoms with Crippen molar-refractivity contribution in [1.29, 1.82) is 0 Å². The molecule has 0 aromatic heterocycles. The van der Waals surface area contributed by atoms with E-state index in [0.717, 1.165) is 11.5 Å². The van der Waals surface area contributed by atoms with Crippen LogP contribution < -0.4 is 18.9 Å². The zero-order valence-corrected chi connectivity index (χ0v) is 26.9. The summed E-state index contributed by atoms with van der Waals surface area (Å²) in [6.07, 6.45) is 0.